The smallest absolute Gasteiger partial charge is 0.293 e. The summed E-state index contributed by atoms with van der Waals surface area (Å²) in [6.45, 7) is 6.47. The zero-order valence-corrected chi connectivity index (χ0v) is 12.3. The second kappa shape index (κ2) is 8.21. The molecule has 0 fully saturated rings. The van der Waals surface area contributed by atoms with E-state index in [2.05, 4.69) is 23.0 Å². The molecule has 0 bridgehead atoms. The van der Waals surface area contributed by atoms with Gasteiger partial charge in [-0.25, -0.2) is 0 Å². The van der Waals surface area contributed by atoms with E-state index in [4.69, 9.17) is 5.26 Å². The molecule has 1 aliphatic rings. The van der Waals surface area contributed by atoms with Crippen LogP contribution in [0.25, 0.3) is 0 Å². The topological polar surface area (TPSA) is 62.1 Å². The quantitative estimate of drug-likeness (QED) is 0.859. The van der Waals surface area contributed by atoms with E-state index in [1.807, 2.05) is 32.0 Å². The van der Waals surface area contributed by atoms with Crippen molar-refractivity contribution in [2.75, 3.05) is 5.32 Å². The van der Waals surface area contributed by atoms with Crippen molar-refractivity contribution in [3.8, 4) is 6.07 Å². The molecule has 0 spiro atoms. The molecular formula is C16H22N2O2. The number of nitrogens with zero attached hydrogens (tertiary/aromatic N) is 1. The SMILES string of the molecule is CC1CCc2ccc(C#N)cc2N1.CCC(C)OC=O. The first-order valence-corrected chi connectivity index (χ1v) is 6.99. The number of hydrogen-bond acceptors (Lipinski definition) is 4. The molecule has 0 radical (unpaired) electrons. The third-order valence-corrected chi connectivity index (χ3v) is 3.35. The molecule has 2 atom stereocenters. The highest BCUT2D eigenvalue weighted by Gasteiger charge is 2.13. The molecule has 1 N–H and O–H groups in total. The molecule has 0 saturated heterocycles. The van der Waals surface area contributed by atoms with Crippen LogP contribution >= 0.6 is 0 Å². The van der Waals surface area contributed by atoms with Crippen LogP contribution in [-0.4, -0.2) is 18.6 Å². The Morgan fingerprint density at radius 3 is 2.90 bits per heavy atom. The lowest BCUT2D eigenvalue weighted by Crippen LogP contribution is -2.21. The van der Waals surface area contributed by atoms with Crippen LogP contribution in [0.1, 0.15) is 44.7 Å². The molecular weight excluding hydrogens is 252 g/mol. The average Bonchev–Trinajstić information content (AvgIpc) is 2.47. The number of carbonyl (C=O) groups excluding carboxylic acids is 1. The molecule has 4 heteroatoms. The number of carbonyl (C=O) groups is 1. The van der Waals surface area contributed by atoms with E-state index in [9.17, 15) is 4.79 Å². The third kappa shape index (κ3) is 4.93. The lowest BCUT2D eigenvalue weighted by molar-refractivity contribution is -0.132. The first kappa shape index (κ1) is 16.0. The van der Waals surface area contributed by atoms with Crippen molar-refractivity contribution in [3.63, 3.8) is 0 Å². The minimum absolute atomic E-state index is 0.0810. The number of aryl methyl sites for hydroxylation is 1. The summed E-state index contributed by atoms with van der Waals surface area (Å²) in [7, 11) is 0. The summed E-state index contributed by atoms with van der Waals surface area (Å²) in [5.41, 5.74) is 3.20. The van der Waals surface area contributed by atoms with Gasteiger partial charge in [-0.1, -0.05) is 13.0 Å². The Morgan fingerprint density at radius 2 is 2.35 bits per heavy atom. The van der Waals surface area contributed by atoms with Crippen LogP contribution in [-0.2, 0) is 16.0 Å². The summed E-state index contributed by atoms with van der Waals surface area (Å²) in [6.07, 6.45) is 3.27. The van der Waals surface area contributed by atoms with E-state index in [1.54, 1.807) is 0 Å². The van der Waals surface area contributed by atoms with E-state index < -0.39 is 0 Å². The first-order valence-electron chi connectivity index (χ1n) is 6.99. The van der Waals surface area contributed by atoms with Gasteiger partial charge < -0.3 is 10.1 Å². The molecule has 1 aromatic rings. The molecule has 20 heavy (non-hydrogen) atoms. The van der Waals surface area contributed by atoms with Crippen molar-refractivity contribution >= 4 is 12.2 Å². The number of rotatable bonds is 3. The van der Waals surface area contributed by atoms with E-state index in [0.717, 1.165) is 24.1 Å². The van der Waals surface area contributed by atoms with Crippen LogP contribution in [0.4, 0.5) is 5.69 Å². The van der Waals surface area contributed by atoms with Crippen LogP contribution in [0.5, 0.6) is 0 Å². The summed E-state index contributed by atoms with van der Waals surface area (Å²) in [5, 5.41) is 12.1. The standard InChI is InChI=1S/C11H12N2.C5H10O2/c1-8-2-4-10-5-3-9(7-12)6-11(10)13-8;1-3-5(2)7-4-6/h3,5-6,8,13H,2,4H2,1H3;4-5H,3H2,1-2H3. The molecule has 0 amide bonds. The van der Waals surface area contributed by atoms with Gasteiger partial charge in [0.1, 0.15) is 0 Å². The predicted molar refractivity (Wildman–Crippen MR) is 79.5 cm³/mol. The van der Waals surface area contributed by atoms with Gasteiger partial charge in [-0.15, -0.1) is 0 Å². The molecule has 1 aliphatic heterocycles. The molecule has 0 saturated carbocycles. The number of anilines is 1. The Balaban J connectivity index is 0.000000246. The lowest BCUT2D eigenvalue weighted by atomic mass is 9.98. The monoisotopic (exact) mass is 274 g/mol. The van der Waals surface area contributed by atoms with Crippen molar-refractivity contribution in [2.45, 2.75) is 52.2 Å². The highest BCUT2D eigenvalue weighted by atomic mass is 16.5. The minimum atomic E-state index is 0.0810. The number of fused-ring (bicyclic) bond motifs is 1. The van der Waals surface area contributed by atoms with Crippen molar-refractivity contribution < 1.29 is 9.53 Å². The molecule has 0 aliphatic carbocycles. The van der Waals surface area contributed by atoms with Crippen LogP contribution in [0.15, 0.2) is 18.2 Å². The van der Waals surface area contributed by atoms with Crippen molar-refractivity contribution in [3.05, 3.63) is 29.3 Å². The molecule has 0 aromatic heterocycles. The summed E-state index contributed by atoms with van der Waals surface area (Å²) in [6, 6.07) is 8.55. The maximum Gasteiger partial charge on any atom is 0.293 e. The molecule has 2 unspecified atom stereocenters. The van der Waals surface area contributed by atoms with Gasteiger partial charge in [0.15, 0.2) is 0 Å². The number of hydrogen-bond donors (Lipinski definition) is 1. The summed E-state index contributed by atoms with van der Waals surface area (Å²) < 4.78 is 4.51. The van der Waals surface area contributed by atoms with Gasteiger partial charge in [0, 0.05) is 11.7 Å². The van der Waals surface area contributed by atoms with Crippen molar-refractivity contribution in [1.82, 2.24) is 0 Å². The van der Waals surface area contributed by atoms with E-state index in [0.29, 0.717) is 12.5 Å². The second-order valence-corrected chi connectivity index (χ2v) is 5.02. The Morgan fingerprint density at radius 1 is 1.60 bits per heavy atom. The number of nitrogens with one attached hydrogen (secondary N) is 1. The largest absolute Gasteiger partial charge is 0.465 e. The predicted octanol–water partition coefficient (Wildman–Crippen LogP) is 3.26. The fourth-order valence-electron chi connectivity index (χ4n) is 1.90. The maximum absolute atomic E-state index is 9.55. The van der Waals surface area contributed by atoms with Crippen molar-refractivity contribution in [2.24, 2.45) is 0 Å². The average molecular weight is 274 g/mol. The van der Waals surface area contributed by atoms with E-state index in [1.165, 1.54) is 12.0 Å². The molecule has 1 aromatic carbocycles. The highest BCUT2D eigenvalue weighted by molar-refractivity contribution is 5.57. The summed E-state index contributed by atoms with van der Waals surface area (Å²) in [4.78, 5) is 9.55. The molecule has 4 nitrogen and oxygen atoms in total. The Hall–Kier alpha value is -2.02. The van der Waals surface area contributed by atoms with Gasteiger partial charge in [-0.2, -0.15) is 5.26 Å². The van der Waals surface area contributed by atoms with Crippen LogP contribution in [0, 0.1) is 11.3 Å². The minimum Gasteiger partial charge on any atom is -0.465 e. The van der Waals surface area contributed by atoms with Crippen LogP contribution in [0.3, 0.4) is 0 Å². The molecule has 1 heterocycles. The zero-order valence-electron chi connectivity index (χ0n) is 12.3. The fraction of sp³-hybridized carbons (Fsp3) is 0.500. The molecule has 108 valence electrons. The van der Waals surface area contributed by atoms with Crippen molar-refractivity contribution in [1.29, 1.82) is 5.26 Å². The van der Waals surface area contributed by atoms with E-state index >= 15 is 0 Å². The van der Waals surface area contributed by atoms with E-state index in [-0.39, 0.29) is 6.10 Å². The number of benzene rings is 1. The molecule has 2 rings (SSSR count). The van der Waals surface area contributed by atoms with Gasteiger partial charge in [-0.05, 0) is 50.8 Å². The highest BCUT2D eigenvalue weighted by Crippen LogP contribution is 2.25. The fourth-order valence-corrected chi connectivity index (χ4v) is 1.90. The Bertz CT molecular complexity index is 480. The number of nitriles is 1. The Kier molecular flexibility index (Phi) is 6.58. The van der Waals surface area contributed by atoms with Crippen LogP contribution < -0.4 is 5.32 Å². The third-order valence-electron chi connectivity index (χ3n) is 3.35. The second-order valence-electron chi connectivity index (χ2n) is 5.02. The van der Waals surface area contributed by atoms with Gasteiger partial charge in [0.05, 0.1) is 17.7 Å². The maximum atomic E-state index is 9.55. The van der Waals surface area contributed by atoms with Gasteiger partial charge >= 0.3 is 0 Å². The van der Waals surface area contributed by atoms with Gasteiger partial charge in [0.2, 0.25) is 0 Å². The Labute approximate surface area is 120 Å². The zero-order chi connectivity index (χ0) is 15.0. The van der Waals surface area contributed by atoms with Gasteiger partial charge in [0.25, 0.3) is 6.47 Å². The van der Waals surface area contributed by atoms with Gasteiger partial charge in [-0.3, -0.25) is 4.79 Å². The normalized spacial score (nSPS) is 17.4. The lowest BCUT2D eigenvalue weighted by Gasteiger charge is -2.23. The van der Waals surface area contributed by atoms with Crippen LogP contribution in [0.2, 0.25) is 0 Å². The first-order chi connectivity index (χ1) is 9.60. The summed E-state index contributed by atoms with van der Waals surface area (Å²) in [5.74, 6) is 0. The number of ether oxygens (including phenoxy) is 1. The summed E-state index contributed by atoms with van der Waals surface area (Å²) >= 11 is 0.